The number of carbonyl (C=O) groups excluding carboxylic acids is 2. The van der Waals surface area contributed by atoms with Gasteiger partial charge in [-0.25, -0.2) is 9.18 Å². The van der Waals surface area contributed by atoms with Gasteiger partial charge in [-0.05, 0) is 49.9 Å². The number of nitrogens with one attached hydrogen (secondary N) is 2. The molecule has 8 heteroatoms. The van der Waals surface area contributed by atoms with Crippen LogP contribution in [-0.2, 0) is 9.53 Å². The predicted octanol–water partition coefficient (Wildman–Crippen LogP) is 1.69. The van der Waals surface area contributed by atoms with E-state index in [1.807, 2.05) is 4.90 Å². The molecule has 0 aliphatic carbocycles. The molecular formula is C19H27FN4O3. The second-order valence-corrected chi connectivity index (χ2v) is 7.27. The second-order valence-electron chi connectivity index (χ2n) is 7.27. The lowest BCUT2D eigenvalue weighted by molar-refractivity contribution is -0.148. The quantitative estimate of drug-likeness (QED) is 0.743. The van der Waals surface area contributed by atoms with Gasteiger partial charge < -0.3 is 26.0 Å². The summed E-state index contributed by atoms with van der Waals surface area (Å²) in [5.41, 5.74) is 5.96. The number of hydrogen-bond donors (Lipinski definition) is 3. The summed E-state index contributed by atoms with van der Waals surface area (Å²) in [6.45, 7) is 2.69. The van der Waals surface area contributed by atoms with Crippen LogP contribution >= 0.6 is 0 Å². The third kappa shape index (κ3) is 4.75. The van der Waals surface area contributed by atoms with Crippen molar-refractivity contribution in [2.45, 2.75) is 31.7 Å². The molecule has 1 aromatic rings. The Kier molecular flexibility index (Phi) is 6.28. The number of likely N-dealkylation sites (tertiary alicyclic amines) is 1. The van der Waals surface area contributed by atoms with Gasteiger partial charge in [-0.3, -0.25) is 4.79 Å². The maximum Gasteiger partial charge on any atom is 0.319 e. The number of anilines is 1. The van der Waals surface area contributed by atoms with Crippen LogP contribution in [0.25, 0.3) is 0 Å². The molecule has 2 heterocycles. The molecule has 27 heavy (non-hydrogen) atoms. The van der Waals surface area contributed by atoms with Crippen LogP contribution in [0.5, 0.6) is 0 Å². The molecule has 2 saturated heterocycles. The van der Waals surface area contributed by atoms with E-state index in [-0.39, 0.29) is 23.8 Å². The summed E-state index contributed by atoms with van der Waals surface area (Å²) >= 11 is 0. The van der Waals surface area contributed by atoms with Gasteiger partial charge in [0, 0.05) is 44.6 Å². The van der Waals surface area contributed by atoms with E-state index in [0.29, 0.717) is 64.2 Å². The van der Waals surface area contributed by atoms with Crippen molar-refractivity contribution >= 4 is 17.6 Å². The van der Waals surface area contributed by atoms with Crippen LogP contribution in [0.4, 0.5) is 14.9 Å². The molecule has 4 N–H and O–H groups in total. The van der Waals surface area contributed by atoms with E-state index in [9.17, 15) is 14.0 Å². The molecule has 0 saturated carbocycles. The first kappa shape index (κ1) is 19.6. The number of nitrogens with zero attached hydrogens (tertiary/aromatic N) is 1. The minimum atomic E-state index is -0.502. The van der Waals surface area contributed by atoms with Crippen molar-refractivity contribution < 1.29 is 18.7 Å². The molecule has 1 aromatic carbocycles. The average Bonchev–Trinajstić information content (AvgIpc) is 2.70. The first-order chi connectivity index (χ1) is 13.0. The highest BCUT2D eigenvalue weighted by atomic mass is 19.1. The van der Waals surface area contributed by atoms with E-state index in [1.54, 1.807) is 0 Å². The zero-order chi connectivity index (χ0) is 19.3. The van der Waals surface area contributed by atoms with Crippen molar-refractivity contribution in [3.63, 3.8) is 0 Å². The molecular weight excluding hydrogens is 351 g/mol. The summed E-state index contributed by atoms with van der Waals surface area (Å²) in [5.74, 6) is -0.236. The Morgan fingerprint density at radius 2 is 1.81 bits per heavy atom. The molecule has 7 nitrogen and oxygen atoms in total. The Labute approximate surface area is 158 Å². The van der Waals surface area contributed by atoms with Crippen LogP contribution < -0.4 is 16.4 Å². The Bertz CT molecular complexity index is 653. The largest absolute Gasteiger partial charge is 0.381 e. The normalized spacial score (nSPS) is 20.1. The summed E-state index contributed by atoms with van der Waals surface area (Å²) in [5, 5.41) is 5.61. The Hall–Kier alpha value is -2.19. The van der Waals surface area contributed by atoms with Crippen molar-refractivity contribution in [3.05, 3.63) is 30.1 Å². The topological polar surface area (TPSA) is 96.7 Å². The molecule has 0 radical (unpaired) electrons. The fourth-order valence-electron chi connectivity index (χ4n) is 3.72. The van der Waals surface area contributed by atoms with Gasteiger partial charge in [-0.15, -0.1) is 0 Å². The van der Waals surface area contributed by atoms with Crippen LogP contribution in [0.2, 0.25) is 0 Å². The number of benzene rings is 1. The van der Waals surface area contributed by atoms with Gasteiger partial charge in [0.2, 0.25) is 5.91 Å². The van der Waals surface area contributed by atoms with E-state index in [0.717, 1.165) is 0 Å². The number of hydrogen-bond acceptors (Lipinski definition) is 4. The molecule has 2 aliphatic rings. The van der Waals surface area contributed by atoms with Gasteiger partial charge in [0.15, 0.2) is 0 Å². The van der Waals surface area contributed by atoms with E-state index in [2.05, 4.69) is 10.6 Å². The average molecular weight is 378 g/mol. The van der Waals surface area contributed by atoms with Gasteiger partial charge in [0.1, 0.15) is 5.82 Å². The Balaban J connectivity index is 1.47. The van der Waals surface area contributed by atoms with Gasteiger partial charge in [-0.1, -0.05) is 0 Å². The third-order valence-electron chi connectivity index (χ3n) is 5.51. The fraction of sp³-hybridized carbons (Fsp3) is 0.579. The summed E-state index contributed by atoms with van der Waals surface area (Å²) < 4.78 is 18.3. The van der Waals surface area contributed by atoms with E-state index < -0.39 is 5.41 Å². The number of urea groups is 1. The number of rotatable bonds is 4. The van der Waals surface area contributed by atoms with E-state index in [4.69, 9.17) is 10.5 Å². The fourth-order valence-corrected chi connectivity index (χ4v) is 3.72. The van der Waals surface area contributed by atoms with Crippen LogP contribution in [0.15, 0.2) is 24.3 Å². The highest BCUT2D eigenvalue weighted by molar-refractivity contribution is 5.89. The molecule has 2 aliphatic heterocycles. The van der Waals surface area contributed by atoms with Crippen LogP contribution in [-0.4, -0.2) is 55.7 Å². The lowest BCUT2D eigenvalue weighted by atomic mass is 9.78. The smallest absolute Gasteiger partial charge is 0.319 e. The van der Waals surface area contributed by atoms with Gasteiger partial charge in [0.05, 0.1) is 5.41 Å². The molecule has 0 unspecified atom stereocenters. The maximum absolute atomic E-state index is 13.0. The monoisotopic (exact) mass is 378 g/mol. The number of amides is 3. The molecule has 148 valence electrons. The Morgan fingerprint density at radius 3 is 2.41 bits per heavy atom. The number of carbonyl (C=O) groups is 2. The zero-order valence-electron chi connectivity index (χ0n) is 15.4. The standard InChI is InChI=1S/C19H27FN4O3/c20-14-1-3-15(4-2-14)22-18(26)23-16-5-9-24(10-6-16)17(25)19(13-21)7-11-27-12-8-19/h1-4,16H,5-13,21H2,(H2,22,23,26). The number of nitrogens with two attached hydrogens (primary N) is 1. The lowest BCUT2D eigenvalue weighted by Crippen LogP contribution is -2.54. The molecule has 0 atom stereocenters. The summed E-state index contributed by atoms with van der Waals surface area (Å²) in [7, 11) is 0. The summed E-state index contributed by atoms with van der Waals surface area (Å²) in [4.78, 5) is 26.9. The second kappa shape index (κ2) is 8.67. The molecule has 2 fully saturated rings. The molecule has 3 amide bonds. The van der Waals surface area contributed by atoms with E-state index in [1.165, 1.54) is 24.3 Å². The first-order valence-corrected chi connectivity index (χ1v) is 9.43. The Morgan fingerprint density at radius 1 is 1.19 bits per heavy atom. The number of piperidine rings is 1. The molecule has 0 spiro atoms. The van der Waals surface area contributed by atoms with Gasteiger partial charge in [-0.2, -0.15) is 0 Å². The van der Waals surface area contributed by atoms with Gasteiger partial charge in [0.25, 0.3) is 0 Å². The molecule has 0 bridgehead atoms. The van der Waals surface area contributed by atoms with Crippen molar-refractivity contribution in [2.75, 3.05) is 38.2 Å². The van der Waals surface area contributed by atoms with E-state index >= 15 is 0 Å². The highest BCUT2D eigenvalue weighted by Crippen LogP contribution is 2.32. The van der Waals surface area contributed by atoms with Crippen molar-refractivity contribution in [1.82, 2.24) is 10.2 Å². The van der Waals surface area contributed by atoms with Crippen molar-refractivity contribution in [3.8, 4) is 0 Å². The van der Waals surface area contributed by atoms with Gasteiger partial charge >= 0.3 is 6.03 Å². The highest BCUT2D eigenvalue weighted by Gasteiger charge is 2.42. The maximum atomic E-state index is 13.0. The zero-order valence-corrected chi connectivity index (χ0v) is 15.4. The summed E-state index contributed by atoms with van der Waals surface area (Å²) in [6, 6.07) is 5.28. The van der Waals surface area contributed by atoms with Crippen molar-refractivity contribution in [1.29, 1.82) is 0 Å². The first-order valence-electron chi connectivity index (χ1n) is 9.43. The van der Waals surface area contributed by atoms with Crippen LogP contribution in [0.3, 0.4) is 0 Å². The van der Waals surface area contributed by atoms with Crippen molar-refractivity contribution in [2.24, 2.45) is 11.1 Å². The third-order valence-corrected chi connectivity index (χ3v) is 5.51. The number of ether oxygens (including phenoxy) is 1. The minimum Gasteiger partial charge on any atom is -0.381 e. The lowest BCUT2D eigenvalue weighted by Gasteiger charge is -2.41. The number of halogens is 1. The predicted molar refractivity (Wildman–Crippen MR) is 99.7 cm³/mol. The SMILES string of the molecule is NCC1(C(=O)N2CCC(NC(=O)Nc3ccc(F)cc3)CC2)CCOCC1. The van der Waals surface area contributed by atoms with Crippen LogP contribution in [0, 0.1) is 11.2 Å². The molecule has 3 rings (SSSR count). The summed E-state index contributed by atoms with van der Waals surface area (Å²) in [6.07, 6.45) is 2.72. The van der Waals surface area contributed by atoms with Crippen LogP contribution in [0.1, 0.15) is 25.7 Å². The minimum absolute atomic E-state index is 0.00184. The molecule has 0 aromatic heterocycles.